The molecule has 0 aliphatic carbocycles. The lowest BCUT2D eigenvalue weighted by Crippen LogP contribution is -2.31. The number of hydrogen-bond acceptors (Lipinski definition) is 4. The van der Waals surface area contributed by atoms with E-state index in [-0.39, 0.29) is 12.5 Å². The maximum Gasteiger partial charge on any atom is 0.264 e. The predicted molar refractivity (Wildman–Crippen MR) is 86.7 cm³/mol. The quantitative estimate of drug-likeness (QED) is 0.725. The summed E-state index contributed by atoms with van der Waals surface area (Å²) >= 11 is 0. The SMILES string of the molecule is CN(C(=O)COc1cccc(-n2cncn2)c1)c1ccccc1. The predicted octanol–water partition coefficient (Wildman–Crippen LogP) is 2.31. The average molecular weight is 308 g/mol. The van der Waals surface area contributed by atoms with Crippen molar-refractivity contribution in [2.24, 2.45) is 0 Å². The van der Waals surface area contributed by atoms with Crippen LogP contribution in [-0.2, 0) is 4.79 Å². The Kier molecular flexibility index (Phi) is 4.33. The van der Waals surface area contributed by atoms with Crippen molar-refractivity contribution in [1.29, 1.82) is 0 Å². The molecule has 23 heavy (non-hydrogen) atoms. The number of amides is 1. The van der Waals surface area contributed by atoms with Gasteiger partial charge in [0, 0.05) is 18.8 Å². The van der Waals surface area contributed by atoms with Gasteiger partial charge in [-0.25, -0.2) is 9.67 Å². The van der Waals surface area contributed by atoms with Gasteiger partial charge in [-0.3, -0.25) is 4.79 Å². The Bertz CT molecular complexity index is 772. The molecule has 0 saturated heterocycles. The smallest absolute Gasteiger partial charge is 0.264 e. The van der Waals surface area contributed by atoms with E-state index in [1.165, 1.54) is 6.33 Å². The van der Waals surface area contributed by atoms with Crippen LogP contribution in [0.2, 0.25) is 0 Å². The van der Waals surface area contributed by atoms with Gasteiger partial charge >= 0.3 is 0 Å². The summed E-state index contributed by atoms with van der Waals surface area (Å²) in [4.78, 5) is 17.7. The Balaban J connectivity index is 1.64. The summed E-state index contributed by atoms with van der Waals surface area (Å²) in [6.07, 6.45) is 3.07. The molecule has 0 unspecified atom stereocenters. The second-order valence-corrected chi connectivity index (χ2v) is 4.91. The normalized spacial score (nSPS) is 10.3. The first-order valence-corrected chi connectivity index (χ1v) is 7.13. The Morgan fingerprint density at radius 3 is 2.74 bits per heavy atom. The number of carbonyl (C=O) groups is 1. The zero-order valence-corrected chi connectivity index (χ0v) is 12.7. The van der Waals surface area contributed by atoms with E-state index in [1.54, 1.807) is 29.0 Å². The van der Waals surface area contributed by atoms with E-state index in [0.717, 1.165) is 11.4 Å². The molecule has 3 rings (SSSR count). The van der Waals surface area contributed by atoms with Gasteiger partial charge in [0.15, 0.2) is 6.61 Å². The van der Waals surface area contributed by atoms with Crippen molar-refractivity contribution < 1.29 is 9.53 Å². The molecule has 116 valence electrons. The minimum atomic E-state index is -0.123. The summed E-state index contributed by atoms with van der Waals surface area (Å²) in [6.45, 7) is -0.0355. The van der Waals surface area contributed by atoms with E-state index in [4.69, 9.17) is 4.74 Å². The van der Waals surface area contributed by atoms with E-state index in [9.17, 15) is 4.79 Å². The van der Waals surface area contributed by atoms with Gasteiger partial charge in [0.2, 0.25) is 0 Å². The molecule has 6 nitrogen and oxygen atoms in total. The van der Waals surface area contributed by atoms with Crippen molar-refractivity contribution >= 4 is 11.6 Å². The standard InChI is InChI=1S/C17H16N4O2/c1-20(14-6-3-2-4-7-14)17(22)11-23-16-9-5-8-15(10-16)21-13-18-12-19-21/h2-10,12-13H,11H2,1H3. The molecule has 2 aromatic carbocycles. The van der Waals surface area contributed by atoms with Crippen LogP contribution in [-0.4, -0.2) is 34.3 Å². The van der Waals surface area contributed by atoms with Crippen LogP contribution in [0.3, 0.4) is 0 Å². The highest BCUT2D eigenvalue weighted by atomic mass is 16.5. The Morgan fingerprint density at radius 1 is 1.17 bits per heavy atom. The largest absolute Gasteiger partial charge is 0.484 e. The fraction of sp³-hybridized carbons (Fsp3) is 0.118. The van der Waals surface area contributed by atoms with Gasteiger partial charge in [0.1, 0.15) is 18.4 Å². The minimum Gasteiger partial charge on any atom is -0.484 e. The number of benzene rings is 2. The summed E-state index contributed by atoms with van der Waals surface area (Å²) in [6, 6.07) is 16.8. The molecule has 0 aliphatic heterocycles. The number of aromatic nitrogens is 3. The topological polar surface area (TPSA) is 60.2 Å². The van der Waals surface area contributed by atoms with Crippen LogP contribution >= 0.6 is 0 Å². The summed E-state index contributed by atoms with van der Waals surface area (Å²) in [5, 5.41) is 4.07. The molecule has 6 heteroatoms. The highest BCUT2D eigenvalue weighted by Crippen LogP contribution is 2.16. The van der Waals surface area contributed by atoms with Gasteiger partial charge in [-0.15, -0.1) is 0 Å². The van der Waals surface area contributed by atoms with Crippen LogP contribution in [0.15, 0.2) is 67.3 Å². The fourth-order valence-electron chi connectivity index (χ4n) is 2.09. The molecule has 0 saturated carbocycles. The third-order valence-electron chi connectivity index (χ3n) is 3.38. The third kappa shape index (κ3) is 3.55. The maximum atomic E-state index is 12.2. The average Bonchev–Trinajstić information content (AvgIpc) is 3.15. The van der Waals surface area contributed by atoms with Gasteiger partial charge in [-0.2, -0.15) is 5.10 Å². The van der Waals surface area contributed by atoms with Gasteiger partial charge in [0.05, 0.1) is 5.69 Å². The summed E-state index contributed by atoms with van der Waals surface area (Å²) < 4.78 is 7.23. The van der Waals surface area contributed by atoms with E-state index in [2.05, 4.69) is 10.1 Å². The number of likely N-dealkylation sites (N-methyl/N-ethyl adjacent to an activating group) is 1. The number of hydrogen-bond donors (Lipinski definition) is 0. The Morgan fingerprint density at radius 2 is 2.00 bits per heavy atom. The number of rotatable bonds is 5. The molecule has 0 radical (unpaired) electrons. The van der Waals surface area contributed by atoms with E-state index in [0.29, 0.717) is 5.75 Å². The third-order valence-corrected chi connectivity index (χ3v) is 3.38. The first-order chi connectivity index (χ1) is 11.2. The molecule has 0 spiro atoms. The lowest BCUT2D eigenvalue weighted by atomic mass is 10.3. The van der Waals surface area contributed by atoms with Crippen LogP contribution < -0.4 is 9.64 Å². The highest BCUT2D eigenvalue weighted by Gasteiger charge is 2.11. The Labute approximate surface area is 134 Å². The van der Waals surface area contributed by atoms with Crippen molar-refractivity contribution in [3.63, 3.8) is 0 Å². The molecular weight excluding hydrogens is 292 g/mol. The first kappa shape index (κ1) is 14.8. The van der Waals surface area contributed by atoms with Crippen molar-refractivity contribution in [1.82, 2.24) is 14.8 Å². The zero-order valence-electron chi connectivity index (χ0n) is 12.7. The van der Waals surface area contributed by atoms with Gasteiger partial charge < -0.3 is 9.64 Å². The van der Waals surface area contributed by atoms with Crippen molar-refractivity contribution in [3.05, 3.63) is 67.3 Å². The van der Waals surface area contributed by atoms with E-state index >= 15 is 0 Å². The highest BCUT2D eigenvalue weighted by molar-refractivity contribution is 5.93. The van der Waals surface area contributed by atoms with Crippen molar-refractivity contribution in [2.75, 3.05) is 18.6 Å². The molecule has 0 atom stereocenters. The van der Waals surface area contributed by atoms with Gasteiger partial charge in [-0.05, 0) is 24.3 Å². The number of anilines is 1. The van der Waals surface area contributed by atoms with Crippen LogP contribution in [0.5, 0.6) is 5.75 Å². The summed E-state index contributed by atoms with van der Waals surface area (Å²) in [5.74, 6) is 0.482. The zero-order chi connectivity index (χ0) is 16.1. The van der Waals surface area contributed by atoms with Crippen LogP contribution in [0, 0.1) is 0 Å². The van der Waals surface area contributed by atoms with Crippen LogP contribution in [0.1, 0.15) is 0 Å². The molecule has 1 amide bonds. The monoisotopic (exact) mass is 308 g/mol. The Hall–Kier alpha value is -3.15. The minimum absolute atomic E-state index is 0.0355. The number of nitrogens with zero attached hydrogens (tertiary/aromatic N) is 4. The number of carbonyl (C=O) groups excluding carboxylic acids is 1. The summed E-state index contributed by atoms with van der Waals surface area (Å²) in [7, 11) is 1.73. The lowest BCUT2D eigenvalue weighted by molar-refractivity contribution is -0.120. The maximum absolute atomic E-state index is 12.2. The van der Waals surface area contributed by atoms with Gasteiger partial charge in [0.25, 0.3) is 5.91 Å². The van der Waals surface area contributed by atoms with Gasteiger partial charge in [-0.1, -0.05) is 24.3 Å². The second kappa shape index (κ2) is 6.74. The van der Waals surface area contributed by atoms with E-state index < -0.39 is 0 Å². The first-order valence-electron chi connectivity index (χ1n) is 7.13. The molecular formula is C17H16N4O2. The number of ether oxygens (including phenoxy) is 1. The van der Waals surface area contributed by atoms with E-state index in [1.807, 2.05) is 48.5 Å². The second-order valence-electron chi connectivity index (χ2n) is 4.91. The molecule has 0 fully saturated rings. The molecule has 0 aliphatic rings. The van der Waals surface area contributed by atoms with Crippen LogP contribution in [0.4, 0.5) is 5.69 Å². The lowest BCUT2D eigenvalue weighted by Gasteiger charge is -2.17. The molecule has 0 N–H and O–H groups in total. The molecule has 0 bridgehead atoms. The number of para-hydroxylation sites is 1. The van der Waals surface area contributed by atoms with Crippen molar-refractivity contribution in [2.45, 2.75) is 0 Å². The van der Waals surface area contributed by atoms with Crippen LogP contribution in [0.25, 0.3) is 5.69 Å². The molecule has 1 heterocycles. The molecule has 3 aromatic rings. The van der Waals surface area contributed by atoms with Crippen molar-refractivity contribution in [3.8, 4) is 11.4 Å². The fourth-order valence-corrected chi connectivity index (χ4v) is 2.09. The molecule has 1 aromatic heterocycles. The summed E-state index contributed by atoms with van der Waals surface area (Å²) in [5.41, 5.74) is 1.65.